The van der Waals surface area contributed by atoms with E-state index < -0.39 is 74.2 Å². The highest BCUT2D eigenvalue weighted by Gasteiger charge is 2.44. The number of esters is 1. The molecule has 1 aliphatic heterocycles. The fraction of sp³-hybridized carbons (Fsp3) is 0.619. The zero-order chi connectivity index (χ0) is 25.4. The van der Waals surface area contributed by atoms with Crippen LogP contribution in [-0.4, -0.2) is 99.8 Å². The molecule has 34 heavy (non-hydrogen) atoms. The van der Waals surface area contributed by atoms with Crippen LogP contribution < -0.4 is 11.1 Å². The maximum atomic E-state index is 12.3. The van der Waals surface area contributed by atoms with Gasteiger partial charge in [0.2, 0.25) is 0 Å². The van der Waals surface area contributed by atoms with Crippen molar-refractivity contribution in [2.45, 2.75) is 69.4 Å². The van der Waals surface area contributed by atoms with Gasteiger partial charge in [-0.3, -0.25) is 4.79 Å². The second kappa shape index (κ2) is 12.8. The molecular formula is C21H32N2O11. The first-order valence-electron chi connectivity index (χ1n) is 10.6. The molecule has 192 valence electrons. The molecule has 1 saturated heterocycles. The van der Waals surface area contributed by atoms with E-state index in [1.165, 1.54) is 6.92 Å². The van der Waals surface area contributed by atoms with E-state index in [0.717, 1.165) is 6.92 Å². The lowest BCUT2D eigenvalue weighted by Gasteiger charge is -2.40. The van der Waals surface area contributed by atoms with Gasteiger partial charge in [0.1, 0.15) is 43.2 Å². The fourth-order valence-electron chi connectivity index (χ4n) is 3.24. The smallest absolute Gasteiger partial charge is 0.407 e. The van der Waals surface area contributed by atoms with Crippen LogP contribution in [0, 0.1) is 0 Å². The SMILES string of the molecule is CC(=O)O[C@H](C)[C@@H](O)[C@H](CO[C@H]1OC(CO)[C@H](O)C(O)C1O)NC(=O)OCc1ccc(N)cc1. The lowest BCUT2D eigenvalue weighted by atomic mass is 9.99. The summed E-state index contributed by atoms with van der Waals surface area (Å²) in [5, 5.41) is 52.2. The second-order valence-corrected chi connectivity index (χ2v) is 7.90. The Labute approximate surface area is 196 Å². The first-order valence-corrected chi connectivity index (χ1v) is 10.6. The summed E-state index contributed by atoms with van der Waals surface area (Å²) in [6, 6.07) is 5.40. The highest BCUT2D eigenvalue weighted by Crippen LogP contribution is 2.22. The van der Waals surface area contributed by atoms with Crippen molar-refractivity contribution in [3.8, 4) is 0 Å². The van der Waals surface area contributed by atoms with Crippen LogP contribution in [0.2, 0.25) is 0 Å². The molecule has 3 unspecified atom stereocenters. The number of nitrogens with one attached hydrogen (secondary N) is 1. The van der Waals surface area contributed by atoms with E-state index in [1.54, 1.807) is 24.3 Å². The Morgan fingerprint density at radius 3 is 2.38 bits per heavy atom. The lowest BCUT2D eigenvalue weighted by Crippen LogP contribution is -2.60. The highest BCUT2D eigenvalue weighted by atomic mass is 16.7. The molecule has 0 spiro atoms. The third kappa shape index (κ3) is 7.77. The number of hydrogen-bond donors (Lipinski definition) is 7. The van der Waals surface area contributed by atoms with E-state index in [2.05, 4.69) is 5.32 Å². The molecule has 8 N–H and O–H groups in total. The third-order valence-corrected chi connectivity index (χ3v) is 5.19. The number of amides is 1. The van der Waals surface area contributed by atoms with Gasteiger partial charge in [0.25, 0.3) is 0 Å². The minimum atomic E-state index is -1.68. The molecule has 8 atom stereocenters. The van der Waals surface area contributed by atoms with Crippen molar-refractivity contribution in [1.29, 1.82) is 0 Å². The number of aliphatic hydroxyl groups is 5. The summed E-state index contributed by atoms with van der Waals surface area (Å²) < 4.78 is 20.8. The molecule has 0 aromatic heterocycles. The predicted octanol–water partition coefficient (Wildman–Crippen LogP) is -2.01. The Hall–Kier alpha value is -2.52. The molecule has 0 radical (unpaired) electrons. The Balaban J connectivity index is 2.03. The molecule has 1 amide bonds. The first kappa shape index (κ1) is 27.7. The van der Waals surface area contributed by atoms with Crippen LogP contribution >= 0.6 is 0 Å². The molecule has 13 heteroatoms. The predicted molar refractivity (Wildman–Crippen MR) is 115 cm³/mol. The molecule has 1 aromatic rings. The first-order chi connectivity index (χ1) is 16.0. The minimum absolute atomic E-state index is 0.0952. The zero-order valence-corrected chi connectivity index (χ0v) is 18.8. The van der Waals surface area contributed by atoms with Crippen LogP contribution in [-0.2, 0) is 30.3 Å². The highest BCUT2D eigenvalue weighted by molar-refractivity contribution is 5.68. The Bertz CT molecular complexity index is 791. The number of aliphatic hydroxyl groups excluding tert-OH is 5. The monoisotopic (exact) mass is 488 g/mol. The van der Waals surface area contributed by atoms with Gasteiger partial charge in [-0.2, -0.15) is 0 Å². The number of carbonyl (C=O) groups is 2. The third-order valence-electron chi connectivity index (χ3n) is 5.19. The van der Waals surface area contributed by atoms with Crippen LogP contribution in [0.5, 0.6) is 0 Å². The quantitative estimate of drug-likeness (QED) is 0.141. The second-order valence-electron chi connectivity index (χ2n) is 7.90. The van der Waals surface area contributed by atoms with Crippen LogP contribution in [0.4, 0.5) is 10.5 Å². The molecule has 0 aliphatic carbocycles. The summed E-state index contributed by atoms with van der Waals surface area (Å²) in [5.41, 5.74) is 6.82. The largest absolute Gasteiger partial charge is 0.460 e. The lowest BCUT2D eigenvalue weighted by molar-refractivity contribution is -0.303. The average molecular weight is 488 g/mol. The molecule has 0 bridgehead atoms. The summed E-state index contributed by atoms with van der Waals surface area (Å²) in [6.07, 6.45) is -11.1. The maximum absolute atomic E-state index is 12.3. The zero-order valence-electron chi connectivity index (χ0n) is 18.8. The summed E-state index contributed by atoms with van der Waals surface area (Å²) in [5.74, 6) is -0.661. The number of ether oxygens (including phenoxy) is 4. The molecule has 0 saturated carbocycles. The number of nitrogen functional groups attached to an aromatic ring is 1. The minimum Gasteiger partial charge on any atom is -0.460 e. The molecule has 2 rings (SSSR count). The van der Waals surface area contributed by atoms with Crippen molar-refractivity contribution in [3.05, 3.63) is 29.8 Å². The number of hydrogen-bond acceptors (Lipinski definition) is 12. The Kier molecular flexibility index (Phi) is 10.4. The number of alkyl carbamates (subject to hydrolysis) is 1. The van der Waals surface area contributed by atoms with Gasteiger partial charge in [-0.1, -0.05) is 12.1 Å². The summed E-state index contributed by atoms with van der Waals surface area (Å²) >= 11 is 0. The van der Waals surface area contributed by atoms with Gasteiger partial charge in [-0.25, -0.2) is 4.79 Å². The number of carbonyl (C=O) groups excluding carboxylic acids is 2. The van der Waals surface area contributed by atoms with E-state index >= 15 is 0 Å². The van der Waals surface area contributed by atoms with E-state index in [4.69, 9.17) is 24.7 Å². The van der Waals surface area contributed by atoms with Crippen molar-refractivity contribution in [3.63, 3.8) is 0 Å². The maximum Gasteiger partial charge on any atom is 0.407 e. The number of benzene rings is 1. The fourth-order valence-corrected chi connectivity index (χ4v) is 3.24. The molecule has 13 nitrogen and oxygen atoms in total. The van der Waals surface area contributed by atoms with Crippen LogP contribution in [0.15, 0.2) is 24.3 Å². The van der Waals surface area contributed by atoms with Crippen LogP contribution in [0.3, 0.4) is 0 Å². The topological polar surface area (TPSA) is 210 Å². The number of nitrogens with two attached hydrogens (primary N) is 1. The van der Waals surface area contributed by atoms with Gasteiger partial charge in [-0.05, 0) is 24.6 Å². The Morgan fingerprint density at radius 2 is 1.79 bits per heavy atom. The van der Waals surface area contributed by atoms with Gasteiger partial charge in [0.15, 0.2) is 6.29 Å². The van der Waals surface area contributed by atoms with Crippen LogP contribution in [0.1, 0.15) is 19.4 Å². The van der Waals surface area contributed by atoms with Crippen LogP contribution in [0.25, 0.3) is 0 Å². The van der Waals surface area contributed by atoms with Gasteiger partial charge in [0.05, 0.1) is 19.3 Å². The summed E-state index contributed by atoms with van der Waals surface area (Å²) in [4.78, 5) is 23.6. The van der Waals surface area contributed by atoms with E-state index in [9.17, 15) is 35.1 Å². The van der Waals surface area contributed by atoms with Gasteiger partial charge < -0.3 is 55.5 Å². The van der Waals surface area contributed by atoms with Crippen molar-refractivity contribution >= 4 is 17.7 Å². The van der Waals surface area contributed by atoms with Crippen molar-refractivity contribution in [2.24, 2.45) is 0 Å². The normalized spacial score (nSPS) is 27.3. The standard InChI is InChI=1S/C21H32N2O11/c1-10(33-11(2)25)16(26)14(23-21(30)32-8-12-3-5-13(22)6-4-12)9-31-20-19(29)18(28)17(27)15(7-24)34-20/h3-6,10,14-20,24,26-29H,7-9,22H2,1-2H3,(H,23,30)/t10-,14+,15?,16-,17+,18?,19?,20+/m1/s1. The average Bonchev–Trinajstić information content (AvgIpc) is 2.80. The van der Waals surface area contributed by atoms with E-state index in [0.29, 0.717) is 11.3 Å². The summed E-state index contributed by atoms with van der Waals surface area (Å²) in [6.45, 7) is 1.32. The van der Waals surface area contributed by atoms with Crippen molar-refractivity contribution < 1.29 is 54.1 Å². The van der Waals surface area contributed by atoms with Gasteiger partial charge in [-0.15, -0.1) is 0 Å². The Morgan fingerprint density at radius 1 is 1.15 bits per heavy atom. The number of anilines is 1. The van der Waals surface area contributed by atoms with Crippen molar-refractivity contribution in [2.75, 3.05) is 18.9 Å². The molecule has 1 fully saturated rings. The molecule has 1 aromatic carbocycles. The van der Waals surface area contributed by atoms with E-state index in [-0.39, 0.29) is 6.61 Å². The van der Waals surface area contributed by atoms with Crippen molar-refractivity contribution in [1.82, 2.24) is 5.32 Å². The molecule has 1 heterocycles. The van der Waals surface area contributed by atoms with Gasteiger partial charge >= 0.3 is 12.1 Å². The number of rotatable bonds is 10. The van der Waals surface area contributed by atoms with Gasteiger partial charge in [0, 0.05) is 12.6 Å². The molecule has 1 aliphatic rings. The molecular weight excluding hydrogens is 456 g/mol. The van der Waals surface area contributed by atoms with E-state index in [1.807, 2.05) is 0 Å². The summed E-state index contributed by atoms with van der Waals surface area (Å²) in [7, 11) is 0.